The number of nitrogens with one attached hydrogen (secondary N) is 1. The van der Waals surface area contributed by atoms with Crippen molar-refractivity contribution in [2.75, 3.05) is 0 Å². The molecule has 0 fully saturated rings. The number of sulfonamides is 1. The molecule has 0 saturated carbocycles. The van der Waals surface area contributed by atoms with Crippen molar-refractivity contribution in [1.29, 1.82) is 0 Å². The second-order valence-electron chi connectivity index (χ2n) is 4.38. The molecule has 0 heterocycles. The minimum Gasteiger partial charge on any atom is -0.200 e. The van der Waals surface area contributed by atoms with Crippen LogP contribution in [0.15, 0.2) is 45.9 Å². The average molecular weight is 266 g/mol. The van der Waals surface area contributed by atoms with Gasteiger partial charge in [0.25, 0.3) is 10.0 Å². The van der Waals surface area contributed by atoms with Crippen LogP contribution >= 0.6 is 0 Å². The smallest absolute Gasteiger partial charge is 0.200 e. The van der Waals surface area contributed by atoms with Gasteiger partial charge in [-0.05, 0) is 45.9 Å². The number of hydrogen-bond donors (Lipinski definition) is 1. The van der Waals surface area contributed by atoms with Crippen molar-refractivity contribution >= 4 is 15.7 Å². The predicted octanol–water partition coefficient (Wildman–Crippen LogP) is 2.62. The fourth-order valence-electron chi connectivity index (χ4n) is 1.35. The van der Waals surface area contributed by atoms with Crippen molar-refractivity contribution in [1.82, 2.24) is 4.83 Å². The first-order valence-electron chi connectivity index (χ1n) is 5.59. The Morgan fingerprint density at radius 1 is 1.17 bits per heavy atom. The van der Waals surface area contributed by atoms with Gasteiger partial charge < -0.3 is 0 Å². The molecule has 0 amide bonds. The average Bonchev–Trinajstić information content (AvgIpc) is 2.26. The van der Waals surface area contributed by atoms with Gasteiger partial charge in [0.15, 0.2) is 0 Å². The number of nitrogens with zero attached hydrogens (tertiary/aromatic N) is 1. The Balaban J connectivity index is 2.90. The van der Waals surface area contributed by atoms with Crippen LogP contribution in [-0.2, 0) is 10.0 Å². The molecule has 0 spiro atoms. The van der Waals surface area contributed by atoms with Crippen LogP contribution in [-0.4, -0.2) is 14.1 Å². The highest BCUT2D eigenvalue weighted by atomic mass is 32.2. The number of rotatable bonds is 4. The first-order valence-corrected chi connectivity index (χ1v) is 7.07. The molecule has 98 valence electrons. The van der Waals surface area contributed by atoms with E-state index in [1.165, 1.54) is 0 Å². The quantitative estimate of drug-likeness (QED) is 0.672. The third kappa shape index (κ3) is 4.33. The Labute approximate surface area is 108 Å². The summed E-state index contributed by atoms with van der Waals surface area (Å²) < 4.78 is 23.8. The lowest BCUT2D eigenvalue weighted by atomic mass is 10.2. The molecule has 4 nitrogen and oxygen atoms in total. The summed E-state index contributed by atoms with van der Waals surface area (Å²) in [6, 6.07) is 6.62. The van der Waals surface area contributed by atoms with Crippen LogP contribution in [0.2, 0.25) is 0 Å². The number of benzene rings is 1. The van der Waals surface area contributed by atoms with Gasteiger partial charge in [0.05, 0.1) is 10.6 Å². The summed E-state index contributed by atoms with van der Waals surface area (Å²) in [7, 11) is -3.57. The Morgan fingerprint density at radius 2 is 1.72 bits per heavy atom. The maximum absolute atomic E-state index is 11.9. The zero-order chi connectivity index (χ0) is 13.8. The lowest BCUT2D eigenvalue weighted by Gasteiger charge is -2.04. The summed E-state index contributed by atoms with van der Waals surface area (Å²) in [5.41, 5.74) is 2.69. The van der Waals surface area contributed by atoms with Crippen LogP contribution < -0.4 is 4.83 Å². The van der Waals surface area contributed by atoms with Crippen molar-refractivity contribution < 1.29 is 8.42 Å². The molecule has 0 aliphatic heterocycles. The number of hydrogen-bond acceptors (Lipinski definition) is 3. The van der Waals surface area contributed by atoms with E-state index in [1.54, 1.807) is 37.3 Å². The van der Waals surface area contributed by atoms with Gasteiger partial charge in [0, 0.05) is 0 Å². The minimum atomic E-state index is -3.57. The van der Waals surface area contributed by atoms with Crippen LogP contribution in [0, 0.1) is 6.92 Å². The van der Waals surface area contributed by atoms with E-state index in [0.717, 1.165) is 11.1 Å². The fraction of sp³-hybridized carbons (Fsp3) is 0.308. The highest BCUT2D eigenvalue weighted by molar-refractivity contribution is 7.89. The Kier molecular flexibility index (Phi) is 4.67. The highest BCUT2D eigenvalue weighted by Crippen LogP contribution is 2.09. The van der Waals surface area contributed by atoms with Crippen LogP contribution in [0.25, 0.3) is 0 Å². The number of aryl methyl sites for hydroxylation is 1. The Morgan fingerprint density at radius 3 is 2.22 bits per heavy atom. The molecule has 0 saturated heterocycles. The zero-order valence-electron chi connectivity index (χ0n) is 11.1. The van der Waals surface area contributed by atoms with Crippen molar-refractivity contribution in [3.05, 3.63) is 41.5 Å². The molecule has 5 heteroatoms. The lowest BCUT2D eigenvalue weighted by molar-refractivity contribution is 0.584. The van der Waals surface area contributed by atoms with Crippen molar-refractivity contribution in [2.45, 2.75) is 32.6 Å². The van der Waals surface area contributed by atoms with Gasteiger partial charge in [0.2, 0.25) is 0 Å². The van der Waals surface area contributed by atoms with Crippen molar-refractivity contribution in [2.24, 2.45) is 5.10 Å². The fourth-order valence-corrected chi connectivity index (χ4v) is 2.22. The first-order chi connectivity index (χ1) is 8.31. The first kappa shape index (κ1) is 14.4. The summed E-state index contributed by atoms with van der Waals surface area (Å²) in [5.74, 6) is 0. The number of hydrazone groups is 1. The van der Waals surface area contributed by atoms with E-state index in [4.69, 9.17) is 0 Å². The van der Waals surface area contributed by atoms with E-state index in [0.29, 0.717) is 5.71 Å². The molecule has 1 aromatic carbocycles. The van der Waals surface area contributed by atoms with Gasteiger partial charge in [-0.15, -0.1) is 0 Å². The van der Waals surface area contributed by atoms with E-state index < -0.39 is 10.0 Å². The van der Waals surface area contributed by atoms with Crippen LogP contribution in [0.1, 0.15) is 26.3 Å². The second kappa shape index (κ2) is 5.82. The normalized spacial score (nSPS) is 12.1. The summed E-state index contributed by atoms with van der Waals surface area (Å²) in [6.45, 7) is 7.49. The van der Waals surface area contributed by atoms with Gasteiger partial charge in [-0.1, -0.05) is 23.3 Å². The van der Waals surface area contributed by atoms with E-state index in [9.17, 15) is 8.42 Å². The topological polar surface area (TPSA) is 58.5 Å². The summed E-state index contributed by atoms with van der Waals surface area (Å²) >= 11 is 0. The molecule has 1 aromatic rings. The molecular weight excluding hydrogens is 248 g/mol. The monoisotopic (exact) mass is 266 g/mol. The third-order valence-electron chi connectivity index (χ3n) is 2.17. The highest BCUT2D eigenvalue weighted by Gasteiger charge is 2.11. The van der Waals surface area contributed by atoms with E-state index >= 15 is 0 Å². The Hall–Kier alpha value is -1.62. The maximum Gasteiger partial charge on any atom is 0.276 e. The lowest BCUT2D eigenvalue weighted by Crippen LogP contribution is -2.19. The molecule has 0 bridgehead atoms. The zero-order valence-corrected chi connectivity index (χ0v) is 11.9. The standard InChI is InChI=1S/C13H18N2O2S/c1-10(2)9-12(4)14-15-18(16,17)13-7-5-11(3)6-8-13/h5-9,15H,1-4H3. The number of allylic oxidation sites excluding steroid dienone is 2. The van der Waals surface area contributed by atoms with Gasteiger partial charge >= 0.3 is 0 Å². The summed E-state index contributed by atoms with van der Waals surface area (Å²) in [5, 5.41) is 3.84. The molecule has 1 N–H and O–H groups in total. The molecule has 18 heavy (non-hydrogen) atoms. The molecule has 0 aliphatic rings. The van der Waals surface area contributed by atoms with Gasteiger partial charge in [-0.2, -0.15) is 18.4 Å². The van der Waals surface area contributed by atoms with Crippen LogP contribution in [0.3, 0.4) is 0 Å². The summed E-state index contributed by atoms with van der Waals surface area (Å²) in [4.78, 5) is 2.43. The van der Waals surface area contributed by atoms with Crippen LogP contribution in [0.5, 0.6) is 0 Å². The van der Waals surface area contributed by atoms with Crippen molar-refractivity contribution in [3.63, 3.8) is 0 Å². The molecule has 0 aromatic heterocycles. The maximum atomic E-state index is 11.9. The molecule has 0 unspecified atom stereocenters. The predicted molar refractivity (Wildman–Crippen MR) is 74.0 cm³/mol. The molecule has 1 rings (SSSR count). The van der Waals surface area contributed by atoms with E-state index in [2.05, 4.69) is 9.93 Å². The van der Waals surface area contributed by atoms with E-state index in [-0.39, 0.29) is 4.90 Å². The van der Waals surface area contributed by atoms with Crippen molar-refractivity contribution in [3.8, 4) is 0 Å². The SMILES string of the molecule is CC(C)=CC(C)=NNS(=O)(=O)c1ccc(C)cc1. The third-order valence-corrected chi connectivity index (χ3v) is 3.40. The molecule has 0 atom stereocenters. The Bertz CT molecular complexity index is 566. The largest absolute Gasteiger partial charge is 0.276 e. The molecular formula is C13H18N2O2S. The summed E-state index contributed by atoms with van der Waals surface area (Å²) in [6.07, 6.45) is 1.80. The van der Waals surface area contributed by atoms with Crippen LogP contribution in [0.4, 0.5) is 0 Å². The van der Waals surface area contributed by atoms with Gasteiger partial charge in [0.1, 0.15) is 0 Å². The second-order valence-corrected chi connectivity index (χ2v) is 6.04. The molecule has 0 radical (unpaired) electrons. The van der Waals surface area contributed by atoms with Gasteiger partial charge in [-0.25, -0.2) is 0 Å². The van der Waals surface area contributed by atoms with Gasteiger partial charge in [-0.3, -0.25) is 0 Å². The van der Waals surface area contributed by atoms with E-state index in [1.807, 2.05) is 20.8 Å². The molecule has 0 aliphatic carbocycles. The minimum absolute atomic E-state index is 0.210.